The van der Waals surface area contributed by atoms with Gasteiger partial charge in [0, 0.05) is 19.6 Å². The highest BCUT2D eigenvalue weighted by atomic mass is 16.5. The summed E-state index contributed by atoms with van der Waals surface area (Å²) in [6, 6.07) is 12.8. The maximum Gasteiger partial charge on any atom is 0.163 e. The summed E-state index contributed by atoms with van der Waals surface area (Å²) in [6.45, 7) is 4.92. The van der Waals surface area contributed by atoms with E-state index in [0.717, 1.165) is 49.7 Å². The molecule has 0 N–H and O–H groups in total. The molecule has 0 radical (unpaired) electrons. The van der Waals surface area contributed by atoms with E-state index in [1.165, 1.54) is 12.2 Å². The van der Waals surface area contributed by atoms with Crippen LogP contribution in [0.3, 0.4) is 0 Å². The van der Waals surface area contributed by atoms with Gasteiger partial charge in [0.25, 0.3) is 0 Å². The molecule has 34 heavy (non-hydrogen) atoms. The van der Waals surface area contributed by atoms with E-state index in [9.17, 15) is 9.59 Å². The minimum atomic E-state index is -0.270. The third kappa shape index (κ3) is 8.17. The van der Waals surface area contributed by atoms with Gasteiger partial charge in [-0.05, 0) is 47.5 Å². The number of rotatable bonds is 12. The highest BCUT2D eigenvalue weighted by molar-refractivity contribution is 6.10. The molecule has 0 saturated carbocycles. The minimum absolute atomic E-state index is 0.191. The zero-order chi connectivity index (χ0) is 24.2. The third-order valence-electron chi connectivity index (χ3n) is 5.34. The number of carbonyl (C=O) groups excluding carboxylic acids is 2. The van der Waals surface area contributed by atoms with Gasteiger partial charge in [-0.1, -0.05) is 30.4 Å². The zero-order valence-electron chi connectivity index (χ0n) is 19.7. The van der Waals surface area contributed by atoms with Crippen molar-refractivity contribution < 1.29 is 28.5 Å². The number of morpholine rings is 1. The van der Waals surface area contributed by atoms with Crippen LogP contribution in [-0.2, 0) is 14.3 Å². The summed E-state index contributed by atoms with van der Waals surface area (Å²) in [7, 11) is 3.11. The molecule has 0 unspecified atom stereocenters. The highest BCUT2D eigenvalue weighted by Gasteiger charge is 2.10. The van der Waals surface area contributed by atoms with E-state index in [4.69, 9.17) is 18.9 Å². The summed E-state index contributed by atoms with van der Waals surface area (Å²) in [5, 5.41) is 0. The first-order chi connectivity index (χ1) is 16.6. The molecule has 180 valence electrons. The first-order valence-electron chi connectivity index (χ1n) is 11.2. The van der Waals surface area contributed by atoms with E-state index in [0.29, 0.717) is 18.1 Å². The summed E-state index contributed by atoms with van der Waals surface area (Å²) >= 11 is 0. The average Bonchev–Trinajstić information content (AvgIpc) is 2.87. The average molecular weight is 466 g/mol. The summed E-state index contributed by atoms with van der Waals surface area (Å²) in [5.41, 5.74) is 1.64. The van der Waals surface area contributed by atoms with Crippen molar-refractivity contribution in [2.45, 2.75) is 6.42 Å². The number of carbonyl (C=O) groups is 2. The fourth-order valence-electron chi connectivity index (χ4n) is 3.42. The molecule has 0 bridgehead atoms. The number of ketones is 2. The molecule has 2 aromatic carbocycles. The Bertz CT molecular complexity index is 1010. The van der Waals surface area contributed by atoms with Crippen molar-refractivity contribution in [3.8, 4) is 17.2 Å². The lowest BCUT2D eigenvalue weighted by Crippen LogP contribution is -2.38. The van der Waals surface area contributed by atoms with Crippen LogP contribution >= 0.6 is 0 Å². The number of hydrogen-bond acceptors (Lipinski definition) is 7. The smallest absolute Gasteiger partial charge is 0.163 e. The fraction of sp³-hybridized carbons (Fsp3) is 0.333. The molecule has 1 saturated heterocycles. The Kier molecular flexibility index (Phi) is 9.88. The quantitative estimate of drug-likeness (QED) is 0.350. The molecule has 0 amide bonds. The van der Waals surface area contributed by atoms with Gasteiger partial charge in [0.1, 0.15) is 12.4 Å². The van der Waals surface area contributed by atoms with Crippen molar-refractivity contribution in [1.82, 2.24) is 4.90 Å². The van der Waals surface area contributed by atoms with E-state index in [1.54, 1.807) is 38.5 Å². The van der Waals surface area contributed by atoms with Crippen molar-refractivity contribution in [3.63, 3.8) is 0 Å². The number of hydrogen-bond donors (Lipinski definition) is 0. The van der Waals surface area contributed by atoms with Crippen LogP contribution in [0.25, 0.3) is 12.2 Å². The molecule has 1 heterocycles. The molecule has 1 aliphatic heterocycles. The molecule has 7 nitrogen and oxygen atoms in total. The Morgan fingerprint density at radius 3 is 2.15 bits per heavy atom. The molecule has 3 rings (SSSR count). The lowest BCUT2D eigenvalue weighted by molar-refractivity contribution is -0.121. The van der Waals surface area contributed by atoms with Gasteiger partial charge in [0.2, 0.25) is 0 Å². The largest absolute Gasteiger partial charge is 0.493 e. The molecular formula is C27H31NO6. The molecule has 1 fully saturated rings. The number of ether oxygens (including phenoxy) is 4. The summed E-state index contributed by atoms with van der Waals surface area (Å²) in [5.74, 6) is 1.44. The van der Waals surface area contributed by atoms with Crippen LogP contribution in [0.5, 0.6) is 17.2 Å². The van der Waals surface area contributed by atoms with Crippen molar-refractivity contribution in [2.24, 2.45) is 0 Å². The van der Waals surface area contributed by atoms with E-state index >= 15 is 0 Å². The Labute approximate surface area is 200 Å². The van der Waals surface area contributed by atoms with Crippen LogP contribution in [0.2, 0.25) is 0 Å². The van der Waals surface area contributed by atoms with Gasteiger partial charge in [-0.25, -0.2) is 0 Å². The van der Waals surface area contributed by atoms with E-state index in [1.807, 2.05) is 30.3 Å². The summed E-state index contributed by atoms with van der Waals surface area (Å²) < 4.78 is 21.6. The second kappa shape index (κ2) is 13.3. The Hall–Kier alpha value is -3.42. The summed E-state index contributed by atoms with van der Waals surface area (Å²) in [4.78, 5) is 26.6. The lowest BCUT2D eigenvalue weighted by Gasteiger charge is -2.26. The second-order valence-electron chi connectivity index (χ2n) is 7.76. The van der Waals surface area contributed by atoms with Crippen LogP contribution in [0.15, 0.2) is 54.6 Å². The van der Waals surface area contributed by atoms with Gasteiger partial charge in [0.15, 0.2) is 23.1 Å². The number of allylic oxidation sites excluding steroid dienone is 2. The Balaban J connectivity index is 1.43. The number of benzene rings is 2. The number of methoxy groups -OCH3 is 2. The second-order valence-corrected chi connectivity index (χ2v) is 7.76. The molecule has 0 spiro atoms. The predicted octanol–water partition coefficient (Wildman–Crippen LogP) is 3.67. The van der Waals surface area contributed by atoms with Gasteiger partial charge in [0.05, 0.1) is 33.9 Å². The summed E-state index contributed by atoms with van der Waals surface area (Å²) in [6.07, 6.45) is 5.99. The monoisotopic (exact) mass is 465 g/mol. The first kappa shape index (κ1) is 25.2. The van der Waals surface area contributed by atoms with Crippen molar-refractivity contribution >= 4 is 23.7 Å². The standard InChI is InChI=1S/C27H31NO6/c1-31-26-12-7-22(19-27(26)32-2)4-9-24(30)20-23(29)8-3-21-5-10-25(11-6-21)34-18-15-28-13-16-33-17-14-28/h3-12,19H,13-18,20H2,1-2H3/b8-3+,9-4+. The van der Waals surface area contributed by atoms with Gasteiger partial charge < -0.3 is 18.9 Å². The van der Waals surface area contributed by atoms with Crippen LogP contribution < -0.4 is 14.2 Å². The van der Waals surface area contributed by atoms with E-state index in [2.05, 4.69) is 4.90 Å². The lowest BCUT2D eigenvalue weighted by atomic mass is 10.1. The first-order valence-corrected chi connectivity index (χ1v) is 11.2. The van der Waals surface area contributed by atoms with Gasteiger partial charge in [-0.15, -0.1) is 0 Å². The zero-order valence-corrected chi connectivity index (χ0v) is 19.7. The van der Waals surface area contributed by atoms with Gasteiger partial charge >= 0.3 is 0 Å². The normalized spacial score (nSPS) is 14.4. The van der Waals surface area contributed by atoms with Crippen molar-refractivity contribution in [1.29, 1.82) is 0 Å². The predicted molar refractivity (Wildman–Crippen MR) is 131 cm³/mol. The van der Waals surface area contributed by atoms with Crippen LogP contribution in [-0.4, -0.2) is 70.1 Å². The molecule has 0 atom stereocenters. The fourth-order valence-corrected chi connectivity index (χ4v) is 3.42. The van der Waals surface area contributed by atoms with Gasteiger partial charge in [-0.2, -0.15) is 0 Å². The molecule has 2 aromatic rings. The van der Waals surface area contributed by atoms with Crippen LogP contribution in [0.1, 0.15) is 17.5 Å². The Morgan fingerprint density at radius 1 is 0.882 bits per heavy atom. The maximum absolute atomic E-state index is 12.2. The molecule has 0 aliphatic carbocycles. The van der Waals surface area contributed by atoms with E-state index < -0.39 is 0 Å². The van der Waals surface area contributed by atoms with Crippen LogP contribution in [0.4, 0.5) is 0 Å². The third-order valence-corrected chi connectivity index (χ3v) is 5.34. The highest BCUT2D eigenvalue weighted by Crippen LogP contribution is 2.28. The van der Waals surface area contributed by atoms with Crippen molar-refractivity contribution in [3.05, 3.63) is 65.7 Å². The Morgan fingerprint density at radius 2 is 1.50 bits per heavy atom. The van der Waals surface area contributed by atoms with Crippen molar-refractivity contribution in [2.75, 3.05) is 53.7 Å². The maximum atomic E-state index is 12.2. The number of nitrogens with zero attached hydrogens (tertiary/aromatic N) is 1. The topological polar surface area (TPSA) is 74.3 Å². The molecule has 0 aromatic heterocycles. The molecule has 7 heteroatoms. The van der Waals surface area contributed by atoms with E-state index in [-0.39, 0.29) is 18.0 Å². The van der Waals surface area contributed by atoms with Crippen LogP contribution in [0, 0.1) is 0 Å². The molecule has 1 aliphatic rings. The molecular weight excluding hydrogens is 434 g/mol. The van der Waals surface area contributed by atoms with Gasteiger partial charge in [-0.3, -0.25) is 14.5 Å². The SMILES string of the molecule is COc1ccc(/C=C/C(=O)CC(=O)/C=C/c2ccc(OCCN3CCOCC3)cc2)cc1OC. The minimum Gasteiger partial charge on any atom is -0.493 e.